The van der Waals surface area contributed by atoms with Crippen LogP contribution in [0.1, 0.15) is 20.7 Å². The first-order valence-electron chi connectivity index (χ1n) is 9.02. The minimum absolute atomic E-state index is 0.0996. The number of imidazole rings is 1. The minimum Gasteiger partial charge on any atom is -0.454 e. The van der Waals surface area contributed by atoms with Crippen molar-refractivity contribution in [3.05, 3.63) is 94.0 Å². The van der Waals surface area contributed by atoms with Crippen LogP contribution in [0.15, 0.2) is 72.8 Å². The van der Waals surface area contributed by atoms with Gasteiger partial charge in [-0.25, -0.2) is 9.78 Å². The molecule has 0 atom stereocenters. The zero-order valence-corrected chi connectivity index (χ0v) is 15.6. The van der Waals surface area contributed by atoms with Gasteiger partial charge in [-0.1, -0.05) is 42.5 Å². The highest BCUT2D eigenvalue weighted by Gasteiger charge is 2.19. The number of aromatic nitrogens is 2. The summed E-state index contributed by atoms with van der Waals surface area (Å²) in [5, 5.41) is 10.9. The van der Waals surface area contributed by atoms with Gasteiger partial charge in [0, 0.05) is 23.3 Å². The van der Waals surface area contributed by atoms with Crippen LogP contribution in [0, 0.1) is 10.1 Å². The van der Waals surface area contributed by atoms with Gasteiger partial charge in [0.15, 0.2) is 6.61 Å². The number of Topliss-reactive ketones (excluding diaryl/α,β-unsaturated/α-hetero) is 1. The van der Waals surface area contributed by atoms with Gasteiger partial charge in [-0.05, 0) is 18.2 Å². The topological polar surface area (TPSA) is 115 Å². The highest BCUT2D eigenvalue weighted by atomic mass is 16.6. The number of carbonyl (C=O) groups is 2. The number of H-pyrrole nitrogens is 1. The SMILES string of the molecule is O=C(COC(=O)c1ccccc1-c1nc2ccccc2[nH]1)c1cccc([N+](=O)[O-])c1. The largest absolute Gasteiger partial charge is 0.454 e. The molecule has 8 nitrogen and oxygen atoms in total. The number of nitro groups is 1. The molecule has 1 N–H and O–H groups in total. The molecule has 148 valence electrons. The van der Waals surface area contributed by atoms with E-state index in [-0.39, 0.29) is 16.8 Å². The highest BCUT2D eigenvalue weighted by molar-refractivity contribution is 6.01. The molecule has 0 saturated heterocycles. The van der Waals surface area contributed by atoms with E-state index in [2.05, 4.69) is 9.97 Å². The lowest BCUT2D eigenvalue weighted by molar-refractivity contribution is -0.384. The molecule has 0 bridgehead atoms. The summed E-state index contributed by atoms with van der Waals surface area (Å²) >= 11 is 0. The molecular weight excluding hydrogens is 386 g/mol. The number of non-ortho nitro benzene ring substituents is 1. The number of aromatic amines is 1. The van der Waals surface area contributed by atoms with E-state index in [1.807, 2.05) is 24.3 Å². The quantitative estimate of drug-likeness (QED) is 0.224. The summed E-state index contributed by atoms with van der Waals surface area (Å²) in [6.45, 7) is -0.533. The second kappa shape index (κ2) is 7.96. The lowest BCUT2D eigenvalue weighted by atomic mass is 10.1. The van der Waals surface area contributed by atoms with Crippen LogP contribution in [-0.2, 0) is 4.74 Å². The van der Waals surface area contributed by atoms with Crippen molar-refractivity contribution in [2.45, 2.75) is 0 Å². The maximum Gasteiger partial charge on any atom is 0.339 e. The summed E-state index contributed by atoms with van der Waals surface area (Å²) in [6.07, 6.45) is 0. The molecule has 30 heavy (non-hydrogen) atoms. The fraction of sp³-hybridized carbons (Fsp3) is 0.0455. The van der Waals surface area contributed by atoms with Crippen molar-refractivity contribution in [1.82, 2.24) is 9.97 Å². The van der Waals surface area contributed by atoms with Crippen molar-refractivity contribution in [1.29, 1.82) is 0 Å². The predicted molar refractivity (Wildman–Crippen MR) is 109 cm³/mol. The molecule has 4 rings (SSSR count). The normalized spacial score (nSPS) is 10.7. The van der Waals surface area contributed by atoms with Crippen molar-refractivity contribution < 1.29 is 19.2 Å². The second-order valence-electron chi connectivity index (χ2n) is 6.45. The maximum atomic E-state index is 12.6. The van der Waals surface area contributed by atoms with Crippen LogP contribution in [0.4, 0.5) is 5.69 Å². The third kappa shape index (κ3) is 3.79. The number of esters is 1. The number of para-hydroxylation sites is 2. The first-order chi connectivity index (χ1) is 14.5. The van der Waals surface area contributed by atoms with E-state index < -0.39 is 23.3 Å². The summed E-state index contributed by atoms with van der Waals surface area (Å²) in [7, 11) is 0. The molecule has 1 aromatic heterocycles. The van der Waals surface area contributed by atoms with E-state index in [4.69, 9.17) is 4.74 Å². The Morgan fingerprint density at radius 3 is 2.57 bits per heavy atom. The Morgan fingerprint density at radius 1 is 1.00 bits per heavy atom. The zero-order valence-electron chi connectivity index (χ0n) is 15.6. The Hall–Kier alpha value is -4.33. The van der Waals surface area contributed by atoms with E-state index in [1.54, 1.807) is 24.3 Å². The van der Waals surface area contributed by atoms with Gasteiger partial charge in [-0.2, -0.15) is 0 Å². The number of nitrogens with one attached hydrogen (secondary N) is 1. The van der Waals surface area contributed by atoms with Gasteiger partial charge in [-0.15, -0.1) is 0 Å². The Morgan fingerprint density at radius 2 is 1.77 bits per heavy atom. The molecule has 0 saturated carbocycles. The molecule has 0 aliphatic heterocycles. The van der Waals surface area contributed by atoms with Crippen molar-refractivity contribution >= 4 is 28.5 Å². The molecule has 0 aliphatic carbocycles. The van der Waals surface area contributed by atoms with Gasteiger partial charge in [0.25, 0.3) is 5.69 Å². The summed E-state index contributed by atoms with van der Waals surface area (Å²) in [4.78, 5) is 42.9. The van der Waals surface area contributed by atoms with Gasteiger partial charge in [0.1, 0.15) is 5.82 Å². The standard InChI is InChI=1S/C22H15N3O5/c26-20(14-6-5-7-15(12-14)25(28)29)13-30-22(27)17-9-2-1-8-16(17)21-23-18-10-3-4-11-19(18)24-21/h1-12H,13H2,(H,23,24). The minimum atomic E-state index is -0.690. The molecular formula is C22H15N3O5. The molecule has 1 heterocycles. The molecule has 8 heteroatoms. The summed E-state index contributed by atoms with van der Waals surface area (Å²) in [6, 6.07) is 19.5. The molecule has 0 radical (unpaired) electrons. The van der Waals surface area contributed by atoms with Gasteiger partial charge in [0.05, 0.1) is 21.5 Å². The Balaban J connectivity index is 1.54. The highest BCUT2D eigenvalue weighted by Crippen LogP contribution is 2.24. The molecule has 0 aliphatic rings. The van der Waals surface area contributed by atoms with Gasteiger partial charge in [-0.3, -0.25) is 14.9 Å². The number of rotatable bonds is 6. The first kappa shape index (κ1) is 19.0. The van der Waals surface area contributed by atoms with E-state index in [0.29, 0.717) is 11.4 Å². The fourth-order valence-electron chi connectivity index (χ4n) is 3.03. The number of nitrogens with zero attached hydrogens (tertiary/aromatic N) is 2. The lowest BCUT2D eigenvalue weighted by Gasteiger charge is -2.08. The van der Waals surface area contributed by atoms with E-state index in [9.17, 15) is 19.7 Å². The van der Waals surface area contributed by atoms with Crippen LogP contribution in [0.2, 0.25) is 0 Å². The van der Waals surface area contributed by atoms with Gasteiger partial charge in [0.2, 0.25) is 5.78 Å². The molecule has 0 spiro atoms. The van der Waals surface area contributed by atoms with Crippen LogP contribution >= 0.6 is 0 Å². The van der Waals surface area contributed by atoms with E-state index >= 15 is 0 Å². The van der Waals surface area contributed by atoms with Crippen LogP contribution in [0.25, 0.3) is 22.4 Å². The van der Waals surface area contributed by atoms with Crippen molar-refractivity contribution in [2.75, 3.05) is 6.61 Å². The van der Waals surface area contributed by atoms with Crippen molar-refractivity contribution in [2.24, 2.45) is 0 Å². The first-order valence-corrected chi connectivity index (χ1v) is 9.02. The van der Waals surface area contributed by atoms with E-state index in [0.717, 1.165) is 17.1 Å². The average molecular weight is 401 g/mol. The maximum absolute atomic E-state index is 12.6. The Bertz CT molecular complexity index is 1250. The molecule has 0 amide bonds. The van der Waals surface area contributed by atoms with Crippen molar-refractivity contribution in [3.8, 4) is 11.4 Å². The van der Waals surface area contributed by atoms with Crippen LogP contribution in [0.3, 0.4) is 0 Å². The zero-order chi connectivity index (χ0) is 21.1. The average Bonchev–Trinajstić information content (AvgIpc) is 3.21. The lowest BCUT2D eigenvalue weighted by Crippen LogP contribution is -2.15. The van der Waals surface area contributed by atoms with Gasteiger partial charge < -0.3 is 9.72 Å². The summed E-state index contributed by atoms with van der Waals surface area (Å²) < 4.78 is 5.18. The summed E-state index contributed by atoms with van der Waals surface area (Å²) in [5.74, 6) is -0.716. The molecule has 4 aromatic rings. The summed E-state index contributed by atoms with van der Waals surface area (Å²) in [5.41, 5.74) is 2.28. The van der Waals surface area contributed by atoms with Crippen LogP contribution < -0.4 is 0 Å². The number of carbonyl (C=O) groups excluding carboxylic acids is 2. The monoisotopic (exact) mass is 401 g/mol. The van der Waals surface area contributed by atoms with Crippen molar-refractivity contribution in [3.63, 3.8) is 0 Å². The third-order valence-electron chi connectivity index (χ3n) is 4.50. The third-order valence-corrected chi connectivity index (χ3v) is 4.50. The number of benzene rings is 3. The number of ketones is 1. The molecule has 0 unspecified atom stereocenters. The number of ether oxygens (including phenoxy) is 1. The van der Waals surface area contributed by atoms with Crippen LogP contribution in [-0.4, -0.2) is 33.3 Å². The van der Waals surface area contributed by atoms with Crippen LogP contribution in [0.5, 0.6) is 0 Å². The number of hydrogen-bond donors (Lipinski definition) is 1. The van der Waals surface area contributed by atoms with Gasteiger partial charge >= 0.3 is 5.97 Å². The Kier molecular flexibility index (Phi) is 5.04. The smallest absolute Gasteiger partial charge is 0.339 e. The number of hydrogen-bond acceptors (Lipinski definition) is 6. The van der Waals surface area contributed by atoms with E-state index in [1.165, 1.54) is 18.2 Å². The molecule has 3 aromatic carbocycles. The number of fused-ring (bicyclic) bond motifs is 1. The predicted octanol–water partition coefficient (Wildman–Crippen LogP) is 4.18. The fourth-order valence-corrected chi connectivity index (χ4v) is 3.03. The Labute approximate surface area is 170 Å². The molecule has 0 fully saturated rings. The second-order valence-corrected chi connectivity index (χ2v) is 6.45. The number of nitro benzene ring substituents is 1.